The predicted octanol–water partition coefficient (Wildman–Crippen LogP) is 3.27. The molecule has 2 heteroatoms. The topological polar surface area (TPSA) is 17.8 Å². The highest BCUT2D eigenvalue weighted by atomic mass is 15.3. The highest BCUT2D eigenvalue weighted by Gasteiger charge is 2.03. The highest BCUT2D eigenvalue weighted by Crippen LogP contribution is 2.08. The van der Waals surface area contributed by atoms with E-state index in [1.807, 2.05) is 6.20 Å². The molecule has 0 aliphatic carbocycles. The molecule has 0 spiro atoms. The van der Waals surface area contributed by atoms with Crippen molar-refractivity contribution in [1.29, 1.82) is 0 Å². The van der Waals surface area contributed by atoms with Gasteiger partial charge >= 0.3 is 0 Å². The van der Waals surface area contributed by atoms with Gasteiger partial charge in [0.1, 0.15) is 0 Å². The summed E-state index contributed by atoms with van der Waals surface area (Å²) in [5.74, 6) is 0.719. The van der Waals surface area contributed by atoms with Gasteiger partial charge in [-0.2, -0.15) is 5.10 Å². The first-order valence-electron chi connectivity index (χ1n) is 5.74. The third kappa shape index (κ3) is 3.52. The molecule has 1 heterocycles. The summed E-state index contributed by atoms with van der Waals surface area (Å²) < 4.78 is 2.16. The summed E-state index contributed by atoms with van der Waals surface area (Å²) >= 11 is 0. The lowest BCUT2D eigenvalue weighted by Gasteiger charge is -2.08. The van der Waals surface area contributed by atoms with Gasteiger partial charge in [0.15, 0.2) is 0 Å². The largest absolute Gasteiger partial charge is 0.270 e. The molecule has 1 aromatic rings. The average Bonchev–Trinajstić information content (AvgIpc) is 2.52. The molecule has 0 aliphatic rings. The number of aryl methyl sites for hydroxylation is 1. The fourth-order valence-corrected chi connectivity index (χ4v) is 1.66. The molecule has 0 aromatic carbocycles. The lowest BCUT2D eigenvalue weighted by Crippen LogP contribution is -2.07. The van der Waals surface area contributed by atoms with E-state index in [4.69, 9.17) is 0 Å². The van der Waals surface area contributed by atoms with Crippen molar-refractivity contribution in [3.63, 3.8) is 0 Å². The smallest absolute Gasteiger partial charge is 0.0492 e. The van der Waals surface area contributed by atoms with Crippen LogP contribution < -0.4 is 0 Å². The molecule has 0 radical (unpaired) electrons. The van der Waals surface area contributed by atoms with Gasteiger partial charge in [0.05, 0.1) is 0 Å². The Morgan fingerprint density at radius 3 is 2.79 bits per heavy atom. The molecule has 0 aliphatic heterocycles. The SMILES string of the molecule is CCCCCn1nccc1CC(C)C. The lowest BCUT2D eigenvalue weighted by atomic mass is 10.1. The van der Waals surface area contributed by atoms with E-state index in [0.29, 0.717) is 0 Å². The molecule has 0 saturated heterocycles. The van der Waals surface area contributed by atoms with Gasteiger partial charge in [-0.1, -0.05) is 33.6 Å². The second-order valence-corrected chi connectivity index (χ2v) is 4.35. The first-order valence-corrected chi connectivity index (χ1v) is 5.74. The zero-order valence-electron chi connectivity index (χ0n) is 9.66. The Hall–Kier alpha value is -0.790. The second-order valence-electron chi connectivity index (χ2n) is 4.35. The monoisotopic (exact) mass is 194 g/mol. The summed E-state index contributed by atoms with van der Waals surface area (Å²) in [5.41, 5.74) is 1.39. The Morgan fingerprint density at radius 1 is 1.36 bits per heavy atom. The molecule has 0 amide bonds. The third-order valence-electron chi connectivity index (χ3n) is 2.40. The molecule has 0 atom stereocenters. The van der Waals surface area contributed by atoms with Gasteiger partial charge in [0.2, 0.25) is 0 Å². The zero-order chi connectivity index (χ0) is 10.4. The van der Waals surface area contributed by atoms with Crippen LogP contribution in [-0.4, -0.2) is 9.78 Å². The van der Waals surface area contributed by atoms with Gasteiger partial charge in [-0.25, -0.2) is 0 Å². The van der Waals surface area contributed by atoms with Gasteiger partial charge in [-0.05, 0) is 24.8 Å². The van der Waals surface area contributed by atoms with E-state index < -0.39 is 0 Å². The van der Waals surface area contributed by atoms with Gasteiger partial charge in [-0.3, -0.25) is 4.68 Å². The van der Waals surface area contributed by atoms with Crippen LogP contribution in [0.3, 0.4) is 0 Å². The van der Waals surface area contributed by atoms with Crippen LogP contribution in [0.4, 0.5) is 0 Å². The third-order valence-corrected chi connectivity index (χ3v) is 2.40. The number of aromatic nitrogens is 2. The van der Waals surface area contributed by atoms with E-state index in [-0.39, 0.29) is 0 Å². The van der Waals surface area contributed by atoms with Crippen molar-refractivity contribution in [2.75, 3.05) is 0 Å². The van der Waals surface area contributed by atoms with Crippen molar-refractivity contribution in [1.82, 2.24) is 9.78 Å². The highest BCUT2D eigenvalue weighted by molar-refractivity contribution is 5.01. The summed E-state index contributed by atoms with van der Waals surface area (Å²) in [4.78, 5) is 0. The first kappa shape index (κ1) is 11.3. The zero-order valence-corrected chi connectivity index (χ0v) is 9.66. The number of nitrogens with zero attached hydrogens (tertiary/aromatic N) is 2. The van der Waals surface area contributed by atoms with Gasteiger partial charge < -0.3 is 0 Å². The van der Waals surface area contributed by atoms with E-state index in [9.17, 15) is 0 Å². The standard InChI is InChI=1S/C12H22N2/c1-4-5-6-9-14-12(7-8-13-14)10-11(2)3/h7-8,11H,4-6,9-10H2,1-3H3. The van der Waals surface area contributed by atoms with Gasteiger partial charge in [-0.15, -0.1) is 0 Å². The molecule has 0 fully saturated rings. The molecule has 0 N–H and O–H groups in total. The Kier molecular flexibility index (Phi) is 4.71. The average molecular weight is 194 g/mol. The Bertz CT molecular complexity index is 251. The maximum absolute atomic E-state index is 4.36. The van der Waals surface area contributed by atoms with E-state index in [2.05, 4.69) is 36.6 Å². The molecule has 2 nitrogen and oxygen atoms in total. The summed E-state index contributed by atoms with van der Waals surface area (Å²) in [6.07, 6.45) is 6.90. The van der Waals surface area contributed by atoms with Crippen molar-refractivity contribution in [2.24, 2.45) is 5.92 Å². The maximum Gasteiger partial charge on any atom is 0.0492 e. The summed E-state index contributed by atoms with van der Waals surface area (Å²) in [6, 6.07) is 2.14. The van der Waals surface area contributed by atoms with Crippen LogP contribution in [-0.2, 0) is 13.0 Å². The van der Waals surface area contributed by atoms with Crippen molar-refractivity contribution < 1.29 is 0 Å². The van der Waals surface area contributed by atoms with Crippen LogP contribution in [0, 0.1) is 5.92 Å². The fourth-order valence-electron chi connectivity index (χ4n) is 1.66. The molecule has 1 aromatic heterocycles. The van der Waals surface area contributed by atoms with Crippen LogP contribution in [0.5, 0.6) is 0 Å². The fraction of sp³-hybridized carbons (Fsp3) is 0.750. The molecule has 0 saturated carbocycles. The van der Waals surface area contributed by atoms with Crippen molar-refractivity contribution in [2.45, 2.75) is 53.0 Å². The minimum Gasteiger partial charge on any atom is -0.270 e. The minimum absolute atomic E-state index is 0.719. The quantitative estimate of drug-likeness (QED) is 0.635. The van der Waals surface area contributed by atoms with Gasteiger partial charge in [0, 0.05) is 18.4 Å². The van der Waals surface area contributed by atoms with Crippen LogP contribution in [0.25, 0.3) is 0 Å². The van der Waals surface area contributed by atoms with E-state index >= 15 is 0 Å². The van der Waals surface area contributed by atoms with E-state index in [1.165, 1.54) is 25.0 Å². The number of hydrogen-bond acceptors (Lipinski definition) is 1. The lowest BCUT2D eigenvalue weighted by molar-refractivity contribution is 0.511. The molecule has 14 heavy (non-hydrogen) atoms. The van der Waals surface area contributed by atoms with Gasteiger partial charge in [0.25, 0.3) is 0 Å². The number of rotatable bonds is 6. The number of hydrogen-bond donors (Lipinski definition) is 0. The van der Waals surface area contributed by atoms with Crippen LogP contribution in [0.1, 0.15) is 45.7 Å². The second kappa shape index (κ2) is 5.84. The molecular weight excluding hydrogens is 172 g/mol. The molecule has 0 bridgehead atoms. The molecule has 1 rings (SSSR count). The summed E-state index contributed by atoms with van der Waals surface area (Å²) in [5, 5.41) is 4.36. The molecule has 0 unspecified atom stereocenters. The van der Waals surface area contributed by atoms with Crippen molar-refractivity contribution in [3.8, 4) is 0 Å². The van der Waals surface area contributed by atoms with Crippen molar-refractivity contribution >= 4 is 0 Å². The molecular formula is C12H22N2. The Balaban J connectivity index is 2.45. The maximum atomic E-state index is 4.36. The first-order chi connectivity index (χ1) is 6.74. The van der Waals surface area contributed by atoms with Crippen LogP contribution >= 0.6 is 0 Å². The van der Waals surface area contributed by atoms with Crippen molar-refractivity contribution in [3.05, 3.63) is 18.0 Å². The van der Waals surface area contributed by atoms with Crippen LogP contribution in [0.2, 0.25) is 0 Å². The Morgan fingerprint density at radius 2 is 2.14 bits per heavy atom. The summed E-state index contributed by atoms with van der Waals surface area (Å²) in [6.45, 7) is 7.83. The van der Waals surface area contributed by atoms with E-state index in [0.717, 1.165) is 18.9 Å². The molecule has 80 valence electrons. The van der Waals surface area contributed by atoms with Crippen LogP contribution in [0.15, 0.2) is 12.3 Å². The minimum atomic E-state index is 0.719. The Labute approximate surface area is 87.3 Å². The van der Waals surface area contributed by atoms with E-state index in [1.54, 1.807) is 0 Å². The number of unbranched alkanes of at least 4 members (excludes halogenated alkanes) is 2. The normalized spacial score (nSPS) is 11.1. The predicted molar refractivity (Wildman–Crippen MR) is 60.3 cm³/mol. The summed E-state index contributed by atoms with van der Waals surface area (Å²) in [7, 11) is 0.